The minimum atomic E-state index is -1.51. The van der Waals surface area contributed by atoms with Gasteiger partial charge in [-0.05, 0) is 5.56 Å². The lowest BCUT2D eigenvalue weighted by molar-refractivity contribution is -0.147. The maximum atomic E-state index is 10.1. The van der Waals surface area contributed by atoms with Crippen molar-refractivity contribution in [2.75, 3.05) is 13.2 Å². The lowest BCUT2D eigenvalue weighted by Crippen LogP contribution is -2.62. The van der Waals surface area contributed by atoms with Gasteiger partial charge in [-0.25, -0.2) is 0 Å². The van der Waals surface area contributed by atoms with Gasteiger partial charge in [0.2, 0.25) is 0 Å². The van der Waals surface area contributed by atoms with Crippen LogP contribution in [0, 0.1) is 0 Å². The third kappa shape index (κ3) is 3.59. The Bertz CT molecular complexity index is 505. The number of hydrogen-bond acceptors (Lipinski definition) is 5. The van der Waals surface area contributed by atoms with Gasteiger partial charge in [0.15, 0.2) is 0 Å². The summed E-state index contributed by atoms with van der Waals surface area (Å²) in [4.78, 5) is 1.86. The maximum absolute atomic E-state index is 10.1. The summed E-state index contributed by atoms with van der Waals surface area (Å²) < 4.78 is 0. The predicted octanol–water partition coefficient (Wildman–Crippen LogP) is -0.509. The zero-order chi connectivity index (χ0) is 16.5. The van der Waals surface area contributed by atoms with Gasteiger partial charge < -0.3 is 20.4 Å². The molecule has 0 aliphatic carbocycles. The molecule has 0 aromatic heterocycles. The first kappa shape index (κ1) is 17.6. The predicted molar refractivity (Wildman–Crippen MR) is 88.7 cm³/mol. The molecule has 1 aliphatic rings. The highest BCUT2D eigenvalue weighted by molar-refractivity contribution is 6.89. The highest BCUT2D eigenvalue weighted by Gasteiger charge is 2.41. The van der Waals surface area contributed by atoms with Crippen molar-refractivity contribution in [2.45, 2.75) is 50.5 Å². The van der Waals surface area contributed by atoms with Crippen molar-refractivity contribution in [3.8, 4) is 0 Å². The van der Waals surface area contributed by atoms with Crippen LogP contribution in [0.15, 0.2) is 24.3 Å². The van der Waals surface area contributed by atoms with E-state index in [9.17, 15) is 20.4 Å². The summed E-state index contributed by atoms with van der Waals surface area (Å²) in [6.07, 6.45) is -3.36. The minimum absolute atomic E-state index is 0.240. The number of benzene rings is 1. The molecule has 22 heavy (non-hydrogen) atoms. The average molecular weight is 325 g/mol. The summed E-state index contributed by atoms with van der Waals surface area (Å²) in [5.41, 5.74) is 1.16. The molecular weight excluding hydrogens is 298 g/mol. The number of likely N-dealkylation sites (tertiary alicyclic amines) is 1. The van der Waals surface area contributed by atoms with Crippen LogP contribution in [0.4, 0.5) is 0 Å². The molecule has 0 bridgehead atoms. The molecule has 0 radical (unpaired) electrons. The Kier molecular flexibility index (Phi) is 5.42. The molecule has 6 heteroatoms. The van der Waals surface area contributed by atoms with Gasteiger partial charge in [0.1, 0.15) is 12.2 Å². The number of β-amino-alcohol motifs (C(OH)–C–C–N with tert-alkyl or cyclic N) is 1. The fourth-order valence-corrected chi connectivity index (χ4v) is 4.89. The Morgan fingerprint density at radius 2 is 1.73 bits per heavy atom. The topological polar surface area (TPSA) is 84.2 Å². The highest BCUT2D eigenvalue weighted by atomic mass is 28.3. The first-order chi connectivity index (χ1) is 10.3. The van der Waals surface area contributed by atoms with Crippen LogP contribution in [0.25, 0.3) is 0 Å². The molecule has 0 saturated carbocycles. The van der Waals surface area contributed by atoms with Gasteiger partial charge >= 0.3 is 0 Å². The van der Waals surface area contributed by atoms with Crippen LogP contribution in [-0.4, -0.2) is 70.9 Å². The fourth-order valence-electron chi connectivity index (χ4n) is 3.17. The zero-order valence-corrected chi connectivity index (χ0v) is 14.5. The van der Waals surface area contributed by atoms with Gasteiger partial charge in [-0.1, -0.05) is 49.1 Å². The van der Waals surface area contributed by atoms with Crippen molar-refractivity contribution in [3.05, 3.63) is 29.8 Å². The second-order valence-electron chi connectivity index (χ2n) is 7.14. The first-order valence-electron chi connectivity index (χ1n) is 7.73. The van der Waals surface area contributed by atoms with E-state index < -0.39 is 32.4 Å². The fraction of sp³-hybridized carbons (Fsp3) is 0.625. The summed E-state index contributed by atoms with van der Waals surface area (Å²) in [6, 6.07) is 7.66. The highest BCUT2D eigenvalue weighted by Crippen LogP contribution is 2.21. The van der Waals surface area contributed by atoms with E-state index in [-0.39, 0.29) is 13.2 Å². The van der Waals surface area contributed by atoms with Crippen molar-refractivity contribution in [1.82, 2.24) is 4.90 Å². The molecule has 1 heterocycles. The van der Waals surface area contributed by atoms with Gasteiger partial charge in [0, 0.05) is 13.1 Å². The van der Waals surface area contributed by atoms with Gasteiger partial charge in [0.25, 0.3) is 0 Å². The molecule has 1 aliphatic heterocycles. The quantitative estimate of drug-likeness (QED) is 0.561. The third-order valence-corrected chi connectivity index (χ3v) is 6.52. The minimum Gasteiger partial charge on any atom is -0.395 e. The van der Waals surface area contributed by atoms with Crippen molar-refractivity contribution in [3.63, 3.8) is 0 Å². The lowest BCUT2D eigenvalue weighted by atomic mass is 9.93. The molecule has 2 rings (SSSR count). The molecule has 1 unspecified atom stereocenters. The van der Waals surface area contributed by atoms with Crippen molar-refractivity contribution in [2.24, 2.45) is 0 Å². The van der Waals surface area contributed by atoms with E-state index in [2.05, 4.69) is 31.8 Å². The molecule has 1 aromatic rings. The van der Waals surface area contributed by atoms with E-state index in [4.69, 9.17) is 0 Å². The van der Waals surface area contributed by atoms with E-state index in [1.807, 2.05) is 17.0 Å². The van der Waals surface area contributed by atoms with Gasteiger partial charge in [0.05, 0.1) is 26.8 Å². The van der Waals surface area contributed by atoms with Crippen LogP contribution in [-0.2, 0) is 6.54 Å². The second kappa shape index (κ2) is 6.78. The number of aliphatic hydroxyl groups is 4. The van der Waals surface area contributed by atoms with E-state index in [1.165, 1.54) is 5.19 Å². The largest absolute Gasteiger partial charge is 0.395 e. The Morgan fingerprint density at radius 1 is 1.09 bits per heavy atom. The molecule has 0 spiro atoms. The van der Waals surface area contributed by atoms with Gasteiger partial charge in [-0.15, -0.1) is 0 Å². The van der Waals surface area contributed by atoms with Crippen LogP contribution < -0.4 is 5.19 Å². The molecule has 124 valence electrons. The number of hydrogen-bond donors (Lipinski definition) is 4. The number of rotatable bonds is 4. The number of piperidine rings is 1. The van der Waals surface area contributed by atoms with Crippen LogP contribution in [0.3, 0.4) is 0 Å². The molecule has 0 amide bonds. The lowest BCUT2D eigenvalue weighted by Gasteiger charge is -2.43. The SMILES string of the molecule is C[Si](C)(C)c1ccccc1CN1C[C@H](O)[C@@H](O)[C@H](O)C1CO. The van der Waals surface area contributed by atoms with E-state index >= 15 is 0 Å². The monoisotopic (exact) mass is 325 g/mol. The Labute approximate surface area is 132 Å². The summed E-state index contributed by atoms with van der Waals surface area (Å²) in [6.45, 7) is 7.37. The molecule has 4 N–H and O–H groups in total. The maximum Gasteiger partial charge on any atom is 0.109 e. The molecule has 1 saturated heterocycles. The van der Waals surface area contributed by atoms with Crippen LogP contribution >= 0.6 is 0 Å². The van der Waals surface area contributed by atoms with Crippen LogP contribution in [0.1, 0.15) is 5.56 Å². The normalized spacial score (nSPS) is 30.5. The number of nitrogens with zero attached hydrogens (tertiary/aromatic N) is 1. The summed E-state index contributed by atoms with van der Waals surface area (Å²) in [5.74, 6) is 0. The van der Waals surface area contributed by atoms with Gasteiger partial charge in [-0.3, -0.25) is 4.90 Å². The Balaban J connectivity index is 2.26. The molecule has 4 atom stereocenters. The van der Waals surface area contributed by atoms with Crippen molar-refractivity contribution in [1.29, 1.82) is 0 Å². The molecule has 5 nitrogen and oxygen atoms in total. The summed E-state index contributed by atoms with van der Waals surface area (Å²) in [5, 5.41) is 40.7. The molecule has 1 aromatic carbocycles. The summed E-state index contributed by atoms with van der Waals surface area (Å²) >= 11 is 0. The molecule has 1 fully saturated rings. The van der Waals surface area contributed by atoms with E-state index in [1.54, 1.807) is 0 Å². The Morgan fingerprint density at radius 3 is 2.32 bits per heavy atom. The van der Waals surface area contributed by atoms with Crippen molar-refractivity contribution < 1.29 is 20.4 Å². The number of aliphatic hydroxyl groups excluding tert-OH is 4. The second-order valence-corrected chi connectivity index (χ2v) is 12.2. The van der Waals surface area contributed by atoms with E-state index in [0.29, 0.717) is 6.54 Å². The van der Waals surface area contributed by atoms with Gasteiger partial charge in [-0.2, -0.15) is 0 Å². The molecular formula is C16H27NO4Si. The van der Waals surface area contributed by atoms with Crippen molar-refractivity contribution >= 4 is 13.3 Å². The standard InChI is InChI=1S/C16H27NO4Si/c1-22(2,3)14-7-5-4-6-11(14)8-17-9-13(19)16(21)15(20)12(17)10-18/h4-7,12-13,15-16,18-21H,8-10H2,1-3H3/t12?,13-,15+,16+/m0/s1. The third-order valence-electron chi connectivity index (χ3n) is 4.41. The van der Waals surface area contributed by atoms with Crippen LogP contribution in [0.5, 0.6) is 0 Å². The summed E-state index contributed by atoms with van der Waals surface area (Å²) in [7, 11) is -1.51. The smallest absolute Gasteiger partial charge is 0.109 e. The zero-order valence-electron chi connectivity index (χ0n) is 13.5. The van der Waals surface area contributed by atoms with E-state index in [0.717, 1.165) is 5.56 Å². The Hall–Kier alpha value is -0.763. The first-order valence-corrected chi connectivity index (χ1v) is 11.2. The van der Waals surface area contributed by atoms with Crippen LogP contribution in [0.2, 0.25) is 19.6 Å². The average Bonchev–Trinajstić information content (AvgIpc) is 2.45.